The van der Waals surface area contributed by atoms with Crippen molar-refractivity contribution in [1.29, 1.82) is 0 Å². The van der Waals surface area contributed by atoms with Crippen LogP contribution in [-0.2, 0) is 4.74 Å². The molecule has 4 aromatic rings. The van der Waals surface area contributed by atoms with Crippen molar-refractivity contribution < 1.29 is 23.1 Å². The number of hydrogen-bond acceptors (Lipinski definition) is 6. The number of pyridine rings is 1. The van der Waals surface area contributed by atoms with Gasteiger partial charge in [-0.2, -0.15) is 0 Å². The maximum atomic E-state index is 14.7. The van der Waals surface area contributed by atoms with Gasteiger partial charge in [-0.3, -0.25) is 9.20 Å². The first kappa shape index (κ1) is 20.7. The van der Waals surface area contributed by atoms with Gasteiger partial charge in [0.25, 0.3) is 5.91 Å². The Balaban J connectivity index is 1.38. The summed E-state index contributed by atoms with van der Waals surface area (Å²) >= 11 is 0. The molecule has 9 nitrogen and oxygen atoms in total. The second kappa shape index (κ2) is 8.05. The van der Waals surface area contributed by atoms with Crippen LogP contribution in [0.4, 0.5) is 14.9 Å². The third kappa shape index (κ3) is 3.69. The highest BCUT2D eigenvalue weighted by molar-refractivity contribution is 6.04. The average molecular weight is 449 g/mol. The van der Waals surface area contributed by atoms with Crippen LogP contribution in [-0.4, -0.2) is 51.5 Å². The molecule has 0 spiro atoms. The van der Waals surface area contributed by atoms with E-state index in [0.717, 1.165) is 0 Å². The zero-order chi connectivity index (χ0) is 23.1. The number of halogens is 1. The standard InChI is InChI=1S/C23H20FN5O4/c1-13-16(24)7-14(18-12-33-22(27-18)15-10-28(11-15)23(31)32-2)8-17(13)26-21(30)19-9-25-20-5-3-4-6-29(19)20/h3-9,12,15H,10-11H2,1-2H3,(H,26,30). The van der Waals surface area contributed by atoms with Crippen LogP contribution in [0.3, 0.4) is 0 Å². The van der Waals surface area contributed by atoms with Crippen molar-refractivity contribution in [1.82, 2.24) is 19.3 Å². The molecule has 0 atom stereocenters. The number of likely N-dealkylation sites (tertiary alicyclic amines) is 1. The van der Waals surface area contributed by atoms with E-state index in [1.807, 2.05) is 6.07 Å². The molecule has 1 N–H and O–H groups in total. The quantitative estimate of drug-likeness (QED) is 0.508. The van der Waals surface area contributed by atoms with Crippen LogP contribution in [0.25, 0.3) is 16.9 Å². The van der Waals surface area contributed by atoms with Gasteiger partial charge in [0.1, 0.15) is 29.1 Å². The van der Waals surface area contributed by atoms with E-state index in [0.29, 0.717) is 52.8 Å². The monoisotopic (exact) mass is 449 g/mol. The number of benzene rings is 1. The fourth-order valence-corrected chi connectivity index (χ4v) is 3.76. The predicted octanol–water partition coefficient (Wildman–Crippen LogP) is 3.85. The highest BCUT2D eigenvalue weighted by atomic mass is 19.1. The third-order valence-corrected chi connectivity index (χ3v) is 5.72. The number of nitrogens with one attached hydrogen (secondary N) is 1. The molecule has 5 rings (SSSR count). The van der Waals surface area contributed by atoms with Crippen molar-refractivity contribution in [3.05, 3.63) is 72.0 Å². The number of nitrogens with zero attached hydrogens (tertiary/aromatic N) is 4. The zero-order valence-corrected chi connectivity index (χ0v) is 17.9. The molecule has 1 aliphatic rings. The largest absolute Gasteiger partial charge is 0.453 e. The molecule has 1 aliphatic heterocycles. The van der Waals surface area contributed by atoms with Crippen LogP contribution in [0.1, 0.15) is 27.9 Å². The number of imidazole rings is 1. The van der Waals surface area contributed by atoms with Crippen molar-refractivity contribution in [3.8, 4) is 11.3 Å². The fourth-order valence-electron chi connectivity index (χ4n) is 3.76. The summed E-state index contributed by atoms with van der Waals surface area (Å²) in [5.41, 5.74) is 2.50. The third-order valence-electron chi connectivity index (χ3n) is 5.72. The Kier molecular flexibility index (Phi) is 5.04. The van der Waals surface area contributed by atoms with Gasteiger partial charge < -0.3 is 19.4 Å². The normalized spacial score (nSPS) is 13.7. The Hall–Kier alpha value is -4.21. The van der Waals surface area contributed by atoms with Crippen LogP contribution in [0, 0.1) is 12.7 Å². The van der Waals surface area contributed by atoms with E-state index in [4.69, 9.17) is 4.42 Å². The molecule has 4 heterocycles. The fraction of sp³-hybridized carbons (Fsp3) is 0.217. The summed E-state index contributed by atoms with van der Waals surface area (Å²) in [4.78, 5) is 34.6. The van der Waals surface area contributed by atoms with Crippen molar-refractivity contribution in [3.63, 3.8) is 0 Å². The lowest BCUT2D eigenvalue weighted by Gasteiger charge is -2.35. The van der Waals surface area contributed by atoms with Crippen molar-refractivity contribution >= 4 is 23.3 Å². The Morgan fingerprint density at radius 1 is 1.27 bits per heavy atom. The van der Waals surface area contributed by atoms with Crippen molar-refractivity contribution in [2.24, 2.45) is 0 Å². The molecule has 0 aliphatic carbocycles. The average Bonchev–Trinajstić information content (AvgIpc) is 3.43. The summed E-state index contributed by atoms with van der Waals surface area (Å²) in [5.74, 6) is -0.484. The first-order valence-electron chi connectivity index (χ1n) is 10.3. The Morgan fingerprint density at radius 2 is 2.09 bits per heavy atom. The van der Waals surface area contributed by atoms with Gasteiger partial charge in [-0.05, 0) is 31.2 Å². The Bertz CT molecular complexity index is 1370. The molecule has 168 valence electrons. The molecule has 0 unspecified atom stereocenters. The molecule has 3 aromatic heterocycles. The van der Waals surface area contributed by atoms with Gasteiger partial charge in [0.05, 0.1) is 19.2 Å². The molecule has 33 heavy (non-hydrogen) atoms. The van der Waals surface area contributed by atoms with E-state index in [1.54, 1.807) is 35.7 Å². The SMILES string of the molecule is COC(=O)N1CC(c2nc(-c3cc(F)c(C)c(NC(=O)c4cnc5ccccn45)c3)co2)C1. The zero-order valence-electron chi connectivity index (χ0n) is 17.9. The summed E-state index contributed by atoms with van der Waals surface area (Å²) < 4.78 is 26.6. The number of carbonyl (C=O) groups excluding carboxylic acids is 2. The summed E-state index contributed by atoms with van der Waals surface area (Å²) in [6.07, 6.45) is 4.25. The molecule has 0 bridgehead atoms. The van der Waals surface area contributed by atoms with Crippen LogP contribution in [0.2, 0.25) is 0 Å². The van der Waals surface area contributed by atoms with E-state index in [2.05, 4.69) is 20.0 Å². The van der Waals surface area contributed by atoms with Crippen molar-refractivity contribution in [2.75, 3.05) is 25.5 Å². The summed E-state index contributed by atoms with van der Waals surface area (Å²) in [5, 5.41) is 2.78. The number of fused-ring (bicyclic) bond motifs is 1. The van der Waals surface area contributed by atoms with Gasteiger partial charge in [0.2, 0.25) is 5.89 Å². The van der Waals surface area contributed by atoms with Gasteiger partial charge in [-0.1, -0.05) is 6.07 Å². The molecule has 0 saturated carbocycles. The van der Waals surface area contributed by atoms with E-state index < -0.39 is 17.8 Å². The van der Waals surface area contributed by atoms with E-state index in [9.17, 15) is 14.0 Å². The second-order valence-electron chi connectivity index (χ2n) is 7.80. The molecule has 10 heteroatoms. The Morgan fingerprint density at radius 3 is 2.88 bits per heavy atom. The number of hydrogen-bond donors (Lipinski definition) is 1. The number of anilines is 1. The van der Waals surface area contributed by atoms with Crippen LogP contribution in [0.5, 0.6) is 0 Å². The highest BCUT2D eigenvalue weighted by Gasteiger charge is 2.35. The van der Waals surface area contributed by atoms with E-state index in [-0.39, 0.29) is 5.92 Å². The molecule has 2 amide bonds. The summed E-state index contributed by atoms with van der Waals surface area (Å²) in [6, 6.07) is 8.42. The second-order valence-corrected chi connectivity index (χ2v) is 7.80. The van der Waals surface area contributed by atoms with Crippen LogP contribution < -0.4 is 5.32 Å². The first-order valence-corrected chi connectivity index (χ1v) is 10.3. The minimum Gasteiger partial charge on any atom is -0.453 e. The van der Waals surface area contributed by atoms with Gasteiger partial charge in [-0.15, -0.1) is 0 Å². The lowest BCUT2D eigenvalue weighted by atomic mass is 10.0. The van der Waals surface area contributed by atoms with Gasteiger partial charge in [0.15, 0.2) is 0 Å². The maximum Gasteiger partial charge on any atom is 0.409 e. The van der Waals surface area contributed by atoms with Gasteiger partial charge in [0, 0.05) is 36.1 Å². The van der Waals surface area contributed by atoms with Crippen molar-refractivity contribution in [2.45, 2.75) is 12.8 Å². The first-order chi connectivity index (χ1) is 15.9. The summed E-state index contributed by atoms with van der Waals surface area (Å²) in [7, 11) is 1.33. The highest BCUT2D eigenvalue weighted by Crippen LogP contribution is 2.32. The molecular weight excluding hydrogens is 429 g/mol. The Labute approximate surface area is 187 Å². The number of aromatic nitrogens is 3. The van der Waals surface area contributed by atoms with Gasteiger partial charge in [-0.25, -0.2) is 19.2 Å². The molecular formula is C23H20FN5O4. The minimum atomic E-state index is -0.481. The lowest BCUT2D eigenvalue weighted by Crippen LogP contribution is -2.48. The predicted molar refractivity (Wildman–Crippen MR) is 116 cm³/mol. The molecule has 1 saturated heterocycles. The number of amides is 2. The molecule has 1 fully saturated rings. The number of carbonyl (C=O) groups is 2. The number of ether oxygens (including phenoxy) is 1. The topological polar surface area (TPSA) is 102 Å². The molecule has 1 aromatic carbocycles. The minimum absolute atomic E-state index is 0.0533. The smallest absolute Gasteiger partial charge is 0.409 e. The number of rotatable bonds is 4. The van der Waals surface area contributed by atoms with Gasteiger partial charge >= 0.3 is 6.09 Å². The van der Waals surface area contributed by atoms with Crippen LogP contribution >= 0.6 is 0 Å². The maximum absolute atomic E-state index is 14.7. The van der Waals surface area contributed by atoms with E-state index in [1.165, 1.54) is 30.5 Å². The van der Waals surface area contributed by atoms with E-state index >= 15 is 0 Å². The summed E-state index contributed by atoms with van der Waals surface area (Å²) in [6.45, 7) is 2.47. The lowest BCUT2D eigenvalue weighted by molar-refractivity contribution is 0.0821. The number of oxazole rings is 1. The molecule has 0 radical (unpaired) electrons. The number of methoxy groups -OCH3 is 1. The van der Waals surface area contributed by atoms with Crippen LogP contribution in [0.15, 0.2) is 53.4 Å².